The molecule has 2 rings (SSSR count). The number of carbonyl (C=O) groups is 1. The zero-order chi connectivity index (χ0) is 14.2. The molecule has 0 spiro atoms. The number of likely N-dealkylation sites (tertiary alicyclic amines) is 1. The lowest BCUT2D eigenvalue weighted by molar-refractivity contribution is -0.136. The van der Waals surface area contributed by atoms with E-state index in [4.69, 9.17) is 9.84 Å². The second kappa shape index (κ2) is 8.60. The average molecular weight is 284 g/mol. The summed E-state index contributed by atoms with van der Waals surface area (Å²) in [5, 5.41) is 12.4. The second-order valence-corrected chi connectivity index (χ2v) is 5.82. The zero-order valence-corrected chi connectivity index (χ0v) is 12.4. The molecular formula is C15H28N2O3. The van der Waals surface area contributed by atoms with Crippen LogP contribution in [0.5, 0.6) is 0 Å². The van der Waals surface area contributed by atoms with Gasteiger partial charge in [-0.05, 0) is 51.6 Å². The molecule has 2 aliphatic rings. The fourth-order valence-electron chi connectivity index (χ4n) is 3.20. The van der Waals surface area contributed by atoms with Gasteiger partial charge in [-0.25, -0.2) is 0 Å². The summed E-state index contributed by atoms with van der Waals surface area (Å²) in [6, 6.07) is 0.236. The summed E-state index contributed by atoms with van der Waals surface area (Å²) in [5.74, 6) is 0.192. The van der Waals surface area contributed by atoms with Gasteiger partial charge in [-0.2, -0.15) is 0 Å². The Bertz CT molecular complexity index is 291. The first-order valence-electron chi connectivity index (χ1n) is 8.04. The van der Waals surface area contributed by atoms with Gasteiger partial charge in [0.15, 0.2) is 0 Å². The molecule has 1 amide bonds. The third kappa shape index (κ3) is 4.72. The molecule has 2 heterocycles. The molecule has 116 valence electrons. The zero-order valence-electron chi connectivity index (χ0n) is 12.4. The molecule has 20 heavy (non-hydrogen) atoms. The van der Waals surface area contributed by atoms with E-state index in [0.717, 1.165) is 45.3 Å². The minimum absolute atomic E-state index is 0.167. The molecule has 2 aliphatic heterocycles. The molecule has 1 unspecified atom stereocenters. The van der Waals surface area contributed by atoms with E-state index >= 15 is 0 Å². The Hall–Kier alpha value is -0.650. The number of rotatable bonds is 6. The highest BCUT2D eigenvalue weighted by Gasteiger charge is 2.26. The molecule has 0 aromatic heterocycles. The molecule has 2 saturated heterocycles. The van der Waals surface area contributed by atoms with Crippen molar-refractivity contribution in [1.29, 1.82) is 0 Å². The molecule has 2 fully saturated rings. The van der Waals surface area contributed by atoms with Crippen molar-refractivity contribution >= 4 is 5.91 Å². The second-order valence-electron chi connectivity index (χ2n) is 5.82. The topological polar surface area (TPSA) is 61.8 Å². The largest absolute Gasteiger partial charge is 0.396 e. The summed E-state index contributed by atoms with van der Waals surface area (Å²) in [6.07, 6.45) is 6.88. The number of nitrogens with zero attached hydrogens (tertiary/aromatic N) is 1. The van der Waals surface area contributed by atoms with Gasteiger partial charge in [-0.1, -0.05) is 0 Å². The van der Waals surface area contributed by atoms with Crippen molar-refractivity contribution in [3.63, 3.8) is 0 Å². The van der Waals surface area contributed by atoms with Crippen molar-refractivity contribution in [3.05, 3.63) is 0 Å². The third-order valence-corrected chi connectivity index (χ3v) is 4.37. The maximum absolute atomic E-state index is 12.3. The number of piperidine rings is 2. The van der Waals surface area contributed by atoms with Crippen molar-refractivity contribution in [2.75, 3.05) is 32.8 Å². The van der Waals surface area contributed by atoms with E-state index in [0.29, 0.717) is 25.6 Å². The number of ether oxygens (including phenoxy) is 1. The van der Waals surface area contributed by atoms with E-state index in [1.54, 1.807) is 0 Å². The Morgan fingerprint density at radius 2 is 2.05 bits per heavy atom. The standard InChI is InChI=1S/C15H28N2O3/c18-11-6-13-3-1-2-10-17(13)15(19)7-12-20-14-4-8-16-9-5-14/h13-14,16,18H,1-12H2. The maximum Gasteiger partial charge on any atom is 0.225 e. The highest BCUT2D eigenvalue weighted by Crippen LogP contribution is 2.20. The molecule has 0 bridgehead atoms. The monoisotopic (exact) mass is 284 g/mol. The highest BCUT2D eigenvalue weighted by atomic mass is 16.5. The van der Waals surface area contributed by atoms with E-state index in [2.05, 4.69) is 5.32 Å². The Morgan fingerprint density at radius 3 is 2.80 bits per heavy atom. The Morgan fingerprint density at radius 1 is 1.25 bits per heavy atom. The van der Waals surface area contributed by atoms with Crippen LogP contribution in [-0.4, -0.2) is 60.9 Å². The van der Waals surface area contributed by atoms with E-state index in [1.807, 2.05) is 4.90 Å². The third-order valence-electron chi connectivity index (χ3n) is 4.37. The average Bonchev–Trinajstić information content (AvgIpc) is 2.49. The van der Waals surface area contributed by atoms with E-state index in [9.17, 15) is 4.79 Å². The number of hydrogen-bond donors (Lipinski definition) is 2. The fraction of sp³-hybridized carbons (Fsp3) is 0.933. The Kier molecular flexibility index (Phi) is 6.76. The van der Waals surface area contributed by atoms with Crippen molar-refractivity contribution < 1.29 is 14.6 Å². The predicted octanol–water partition coefficient (Wildman–Crippen LogP) is 0.909. The van der Waals surface area contributed by atoms with Gasteiger partial charge >= 0.3 is 0 Å². The van der Waals surface area contributed by atoms with Crippen molar-refractivity contribution in [2.45, 2.75) is 57.1 Å². The summed E-state index contributed by atoms with van der Waals surface area (Å²) in [6.45, 7) is 3.58. The first kappa shape index (κ1) is 15.7. The van der Waals surface area contributed by atoms with E-state index < -0.39 is 0 Å². The van der Waals surface area contributed by atoms with Gasteiger partial charge in [0.25, 0.3) is 0 Å². The van der Waals surface area contributed by atoms with Crippen LogP contribution < -0.4 is 5.32 Å². The minimum atomic E-state index is 0.167. The van der Waals surface area contributed by atoms with Crippen LogP contribution in [0.4, 0.5) is 0 Å². The van der Waals surface area contributed by atoms with Crippen molar-refractivity contribution in [2.24, 2.45) is 0 Å². The van der Waals surface area contributed by atoms with E-state index in [-0.39, 0.29) is 18.6 Å². The van der Waals surface area contributed by atoms with Gasteiger partial charge in [-0.15, -0.1) is 0 Å². The lowest BCUT2D eigenvalue weighted by Gasteiger charge is -2.35. The summed E-state index contributed by atoms with van der Waals surface area (Å²) < 4.78 is 5.80. The lowest BCUT2D eigenvalue weighted by Crippen LogP contribution is -2.44. The predicted molar refractivity (Wildman–Crippen MR) is 77.5 cm³/mol. The number of hydrogen-bond acceptors (Lipinski definition) is 4. The quantitative estimate of drug-likeness (QED) is 0.761. The maximum atomic E-state index is 12.3. The van der Waals surface area contributed by atoms with E-state index in [1.165, 1.54) is 6.42 Å². The molecule has 0 aromatic carbocycles. The SMILES string of the molecule is O=C(CCOC1CCNCC1)N1CCCCC1CCO. The van der Waals surface area contributed by atoms with Crippen LogP contribution >= 0.6 is 0 Å². The molecule has 0 radical (unpaired) electrons. The smallest absolute Gasteiger partial charge is 0.225 e. The normalized spacial score (nSPS) is 24.9. The number of carbonyl (C=O) groups excluding carboxylic acids is 1. The van der Waals surface area contributed by atoms with Crippen LogP contribution in [-0.2, 0) is 9.53 Å². The summed E-state index contributed by atoms with van der Waals surface area (Å²) in [7, 11) is 0. The minimum Gasteiger partial charge on any atom is -0.396 e. The number of aliphatic hydroxyl groups is 1. The van der Waals surface area contributed by atoms with Gasteiger partial charge < -0.3 is 20.1 Å². The molecule has 5 nitrogen and oxygen atoms in total. The van der Waals surface area contributed by atoms with Gasteiger partial charge in [0.2, 0.25) is 5.91 Å². The van der Waals surface area contributed by atoms with Crippen LogP contribution in [0.1, 0.15) is 44.9 Å². The van der Waals surface area contributed by atoms with Crippen molar-refractivity contribution in [3.8, 4) is 0 Å². The van der Waals surface area contributed by atoms with Gasteiger partial charge in [0, 0.05) is 19.2 Å². The van der Waals surface area contributed by atoms with Crippen LogP contribution in [0.25, 0.3) is 0 Å². The van der Waals surface area contributed by atoms with Gasteiger partial charge in [0.05, 0.1) is 19.1 Å². The first-order chi connectivity index (χ1) is 9.81. The number of amides is 1. The summed E-state index contributed by atoms with van der Waals surface area (Å²) >= 11 is 0. The van der Waals surface area contributed by atoms with Crippen LogP contribution in [0.2, 0.25) is 0 Å². The molecular weight excluding hydrogens is 256 g/mol. The molecule has 0 aliphatic carbocycles. The molecule has 1 atom stereocenters. The number of nitrogens with one attached hydrogen (secondary N) is 1. The highest BCUT2D eigenvalue weighted by molar-refractivity contribution is 5.76. The lowest BCUT2D eigenvalue weighted by atomic mass is 9.99. The Labute approximate surface area is 121 Å². The molecule has 2 N–H and O–H groups in total. The van der Waals surface area contributed by atoms with Crippen LogP contribution in [0, 0.1) is 0 Å². The van der Waals surface area contributed by atoms with Crippen LogP contribution in [0.3, 0.4) is 0 Å². The van der Waals surface area contributed by atoms with Gasteiger partial charge in [0.1, 0.15) is 0 Å². The molecule has 0 aromatic rings. The van der Waals surface area contributed by atoms with Gasteiger partial charge in [-0.3, -0.25) is 4.79 Å². The Balaban J connectivity index is 1.69. The fourth-order valence-corrected chi connectivity index (χ4v) is 3.20. The van der Waals surface area contributed by atoms with Crippen LogP contribution in [0.15, 0.2) is 0 Å². The molecule has 5 heteroatoms. The summed E-state index contributed by atoms with van der Waals surface area (Å²) in [4.78, 5) is 14.2. The summed E-state index contributed by atoms with van der Waals surface area (Å²) in [5.41, 5.74) is 0. The molecule has 0 saturated carbocycles. The first-order valence-corrected chi connectivity index (χ1v) is 8.04. The number of aliphatic hydroxyl groups excluding tert-OH is 1. The van der Waals surface area contributed by atoms with Crippen molar-refractivity contribution in [1.82, 2.24) is 10.2 Å².